The first-order valence-electron chi connectivity index (χ1n) is 4.71. The lowest BCUT2D eigenvalue weighted by atomic mass is 9.99. The third-order valence-electron chi connectivity index (χ3n) is 2.08. The van der Waals surface area contributed by atoms with E-state index < -0.39 is 0 Å². The van der Waals surface area contributed by atoms with Crippen molar-refractivity contribution in [3.05, 3.63) is 23.8 Å². The van der Waals surface area contributed by atoms with E-state index in [-0.39, 0.29) is 5.78 Å². The van der Waals surface area contributed by atoms with Gasteiger partial charge in [0.05, 0.1) is 0 Å². The van der Waals surface area contributed by atoms with Crippen LogP contribution < -0.4 is 0 Å². The van der Waals surface area contributed by atoms with Crippen LogP contribution in [0.1, 0.15) is 32.6 Å². The Hall–Kier alpha value is -0.760. The normalized spacial score (nSPS) is 16.2. The summed E-state index contributed by atoms with van der Waals surface area (Å²) in [6, 6.07) is 0. The first-order chi connectivity index (χ1) is 6.24. The fraction of sp³-hybridized carbons (Fsp3) is 0.455. The smallest absolute Gasteiger partial charge is 0.179 e. The second-order valence-electron chi connectivity index (χ2n) is 3.23. The molecule has 0 radical (unpaired) electrons. The third kappa shape index (κ3) is 3.23. The molecular formula is C11H14OS. The predicted molar refractivity (Wildman–Crippen MR) is 59.0 cm³/mol. The molecular weight excluding hydrogens is 180 g/mol. The highest BCUT2D eigenvalue weighted by Crippen LogP contribution is 2.15. The van der Waals surface area contributed by atoms with Crippen LogP contribution in [0.3, 0.4) is 0 Å². The molecule has 1 rings (SSSR count). The van der Waals surface area contributed by atoms with Gasteiger partial charge in [0, 0.05) is 4.86 Å². The Bertz CT molecular complexity index is 274. The molecule has 13 heavy (non-hydrogen) atoms. The molecule has 0 heterocycles. The van der Waals surface area contributed by atoms with Crippen molar-refractivity contribution in [3.8, 4) is 0 Å². The van der Waals surface area contributed by atoms with E-state index >= 15 is 0 Å². The molecule has 0 unspecified atom stereocenters. The molecule has 1 aliphatic carbocycles. The summed E-state index contributed by atoms with van der Waals surface area (Å²) in [5.41, 5.74) is 1.04. The van der Waals surface area contributed by atoms with Crippen molar-refractivity contribution >= 4 is 22.9 Å². The number of carbonyl (C=O) groups excluding carboxylic acids is 1. The zero-order chi connectivity index (χ0) is 9.68. The van der Waals surface area contributed by atoms with E-state index in [1.165, 1.54) is 18.9 Å². The number of ketones is 1. The van der Waals surface area contributed by atoms with Crippen LogP contribution in [-0.4, -0.2) is 10.6 Å². The van der Waals surface area contributed by atoms with E-state index in [1.807, 2.05) is 0 Å². The molecule has 0 spiro atoms. The lowest BCUT2D eigenvalue weighted by Gasteiger charge is -2.07. The molecule has 1 aliphatic rings. The molecule has 0 aliphatic heterocycles. The van der Waals surface area contributed by atoms with Crippen LogP contribution in [0, 0.1) is 0 Å². The van der Waals surface area contributed by atoms with Gasteiger partial charge in [-0.2, -0.15) is 0 Å². The summed E-state index contributed by atoms with van der Waals surface area (Å²) in [4.78, 5) is 11.9. The highest BCUT2D eigenvalue weighted by Gasteiger charge is 2.08. The average molecular weight is 194 g/mol. The zero-order valence-electron chi connectivity index (χ0n) is 7.88. The highest BCUT2D eigenvalue weighted by molar-refractivity contribution is 7.81. The Labute approximate surface area is 84.5 Å². The second kappa shape index (κ2) is 5.07. The van der Waals surface area contributed by atoms with Crippen molar-refractivity contribution in [2.45, 2.75) is 32.6 Å². The summed E-state index contributed by atoms with van der Waals surface area (Å²) in [6.07, 6.45) is 9.41. The van der Waals surface area contributed by atoms with Crippen molar-refractivity contribution < 1.29 is 4.79 Å². The first-order valence-corrected chi connectivity index (χ1v) is 5.12. The molecule has 0 saturated carbocycles. The van der Waals surface area contributed by atoms with Gasteiger partial charge in [-0.05, 0) is 36.6 Å². The Balaban J connectivity index is 2.48. The summed E-state index contributed by atoms with van der Waals surface area (Å²) in [6.45, 7) is 2.17. The van der Waals surface area contributed by atoms with E-state index in [0.717, 1.165) is 23.3 Å². The molecule has 0 aromatic carbocycles. The Morgan fingerprint density at radius 2 is 2.08 bits per heavy atom. The summed E-state index contributed by atoms with van der Waals surface area (Å²) in [5, 5.41) is 0. The zero-order valence-corrected chi connectivity index (χ0v) is 8.69. The van der Waals surface area contributed by atoms with Crippen molar-refractivity contribution in [3.63, 3.8) is 0 Å². The Morgan fingerprint density at radius 1 is 1.31 bits per heavy atom. The SMILES string of the molecule is CCCCCC1=CC(=O)C=CC1=S. The maximum atomic E-state index is 11.0. The minimum atomic E-state index is 0.0695. The molecule has 70 valence electrons. The average Bonchev–Trinajstić information content (AvgIpc) is 2.11. The van der Waals surface area contributed by atoms with Gasteiger partial charge in [-0.3, -0.25) is 4.79 Å². The monoisotopic (exact) mass is 194 g/mol. The highest BCUT2D eigenvalue weighted by atomic mass is 32.1. The molecule has 0 aromatic heterocycles. The summed E-state index contributed by atoms with van der Waals surface area (Å²) >= 11 is 5.12. The molecule has 0 saturated heterocycles. The topological polar surface area (TPSA) is 17.1 Å². The quantitative estimate of drug-likeness (QED) is 0.505. The minimum absolute atomic E-state index is 0.0695. The van der Waals surface area contributed by atoms with Crippen molar-refractivity contribution in [2.24, 2.45) is 0 Å². The van der Waals surface area contributed by atoms with Gasteiger partial charge < -0.3 is 0 Å². The summed E-state index contributed by atoms with van der Waals surface area (Å²) < 4.78 is 0. The van der Waals surface area contributed by atoms with Gasteiger partial charge in [0.1, 0.15) is 0 Å². The van der Waals surface area contributed by atoms with Crippen LogP contribution in [0.25, 0.3) is 0 Å². The molecule has 0 bridgehead atoms. The standard InChI is InChI=1S/C11H14OS/c1-2-3-4-5-9-8-10(12)6-7-11(9)13/h6-8H,2-5H2,1H3. The third-order valence-corrected chi connectivity index (χ3v) is 2.48. The number of allylic oxidation sites excluding steroid dienone is 4. The number of hydrogen-bond acceptors (Lipinski definition) is 2. The lowest BCUT2D eigenvalue weighted by molar-refractivity contribution is -0.110. The molecule has 0 aromatic rings. The summed E-state index contributed by atoms with van der Waals surface area (Å²) in [7, 11) is 0. The van der Waals surface area contributed by atoms with Crippen molar-refractivity contribution in [1.29, 1.82) is 0 Å². The van der Waals surface area contributed by atoms with Gasteiger partial charge in [0.2, 0.25) is 0 Å². The largest absolute Gasteiger partial charge is 0.290 e. The lowest BCUT2D eigenvalue weighted by Crippen LogP contribution is -2.05. The van der Waals surface area contributed by atoms with Crippen molar-refractivity contribution in [1.82, 2.24) is 0 Å². The molecule has 0 atom stereocenters. The van der Waals surface area contributed by atoms with Crippen LogP contribution in [0.4, 0.5) is 0 Å². The van der Waals surface area contributed by atoms with Gasteiger partial charge in [-0.1, -0.05) is 32.0 Å². The van der Waals surface area contributed by atoms with E-state index in [1.54, 1.807) is 12.2 Å². The van der Waals surface area contributed by atoms with Crippen LogP contribution in [0.15, 0.2) is 23.8 Å². The second-order valence-corrected chi connectivity index (χ2v) is 3.67. The maximum absolute atomic E-state index is 11.0. The van der Waals surface area contributed by atoms with E-state index in [2.05, 4.69) is 6.92 Å². The van der Waals surface area contributed by atoms with E-state index in [9.17, 15) is 4.79 Å². The Morgan fingerprint density at radius 3 is 2.77 bits per heavy atom. The fourth-order valence-corrected chi connectivity index (χ4v) is 1.55. The van der Waals surface area contributed by atoms with Crippen LogP contribution in [0.5, 0.6) is 0 Å². The van der Waals surface area contributed by atoms with Crippen molar-refractivity contribution in [2.75, 3.05) is 0 Å². The molecule has 2 heteroatoms. The Kier molecular flexibility index (Phi) is 4.03. The number of unbranched alkanes of at least 4 members (excludes halogenated alkanes) is 2. The van der Waals surface area contributed by atoms with Gasteiger partial charge in [0.15, 0.2) is 5.78 Å². The van der Waals surface area contributed by atoms with Crippen LogP contribution in [-0.2, 0) is 4.79 Å². The molecule has 0 fully saturated rings. The van der Waals surface area contributed by atoms with Gasteiger partial charge >= 0.3 is 0 Å². The minimum Gasteiger partial charge on any atom is -0.290 e. The molecule has 1 nitrogen and oxygen atoms in total. The number of thiocarbonyl (C=S) groups is 1. The van der Waals surface area contributed by atoms with E-state index in [0.29, 0.717) is 0 Å². The van der Waals surface area contributed by atoms with Gasteiger partial charge in [-0.25, -0.2) is 0 Å². The van der Waals surface area contributed by atoms with Gasteiger partial charge in [0.25, 0.3) is 0 Å². The van der Waals surface area contributed by atoms with Crippen LogP contribution in [0.2, 0.25) is 0 Å². The number of hydrogen-bond donors (Lipinski definition) is 0. The van der Waals surface area contributed by atoms with Gasteiger partial charge in [-0.15, -0.1) is 0 Å². The number of carbonyl (C=O) groups is 1. The molecule has 0 amide bonds. The van der Waals surface area contributed by atoms with Crippen LogP contribution >= 0.6 is 12.2 Å². The summed E-state index contributed by atoms with van der Waals surface area (Å²) in [5.74, 6) is 0.0695. The predicted octanol–water partition coefficient (Wildman–Crippen LogP) is 3.00. The fourth-order valence-electron chi connectivity index (χ4n) is 1.32. The number of rotatable bonds is 4. The maximum Gasteiger partial charge on any atom is 0.179 e. The molecule has 0 N–H and O–H groups in total. The first kappa shape index (κ1) is 10.3. The van der Waals surface area contributed by atoms with E-state index in [4.69, 9.17) is 12.2 Å².